The predicted molar refractivity (Wildman–Crippen MR) is 96.8 cm³/mol. The molecule has 0 radical (unpaired) electrons. The van der Waals surface area contributed by atoms with Crippen LogP contribution in [0.15, 0.2) is 61.1 Å². The molecule has 2 N–H and O–H groups in total. The van der Waals surface area contributed by atoms with Crippen molar-refractivity contribution in [3.05, 3.63) is 78.4 Å². The first kappa shape index (κ1) is 16.4. The maximum absolute atomic E-state index is 14.3. The second kappa shape index (κ2) is 6.31. The topological polar surface area (TPSA) is 56.7 Å². The summed E-state index contributed by atoms with van der Waals surface area (Å²) in [6.45, 7) is 1.91. The van der Waals surface area contributed by atoms with Crippen molar-refractivity contribution in [3.8, 4) is 16.8 Å². The van der Waals surface area contributed by atoms with Crippen LogP contribution in [-0.2, 0) is 0 Å². The fourth-order valence-corrected chi connectivity index (χ4v) is 2.98. The molecule has 2 aromatic heterocycles. The Bertz CT molecular complexity index is 1100. The molecule has 4 nitrogen and oxygen atoms in total. The maximum Gasteiger partial charge on any atom is 0.220 e. The Balaban J connectivity index is 1.86. The number of halogens is 2. The highest BCUT2D eigenvalue weighted by Gasteiger charge is 2.14. The Hall–Kier alpha value is -3.12. The van der Waals surface area contributed by atoms with Gasteiger partial charge in [-0.3, -0.25) is 4.57 Å². The van der Waals surface area contributed by atoms with Crippen molar-refractivity contribution in [2.75, 3.05) is 0 Å². The normalized spacial score (nSPS) is 12.5. The molecule has 0 saturated carbocycles. The van der Waals surface area contributed by atoms with Gasteiger partial charge in [0, 0.05) is 29.1 Å². The molecule has 0 aliphatic carbocycles. The highest BCUT2D eigenvalue weighted by Crippen LogP contribution is 2.28. The molecule has 0 aliphatic rings. The van der Waals surface area contributed by atoms with Crippen LogP contribution in [0.2, 0.25) is 0 Å². The monoisotopic (exact) mass is 350 g/mol. The van der Waals surface area contributed by atoms with Crippen molar-refractivity contribution in [2.24, 2.45) is 5.73 Å². The summed E-state index contributed by atoms with van der Waals surface area (Å²) in [5.74, 6) is -1.22. The minimum Gasteiger partial charge on any atom is -0.324 e. The van der Waals surface area contributed by atoms with E-state index in [-0.39, 0.29) is 17.2 Å². The van der Waals surface area contributed by atoms with E-state index >= 15 is 0 Å². The van der Waals surface area contributed by atoms with E-state index in [0.29, 0.717) is 5.69 Å². The van der Waals surface area contributed by atoms with Crippen LogP contribution in [0.3, 0.4) is 0 Å². The Morgan fingerprint density at radius 1 is 1.00 bits per heavy atom. The molecule has 0 saturated heterocycles. The lowest BCUT2D eigenvalue weighted by molar-refractivity contribution is 0.583. The van der Waals surface area contributed by atoms with E-state index in [2.05, 4.69) is 9.97 Å². The molecule has 0 spiro atoms. The van der Waals surface area contributed by atoms with Crippen molar-refractivity contribution in [2.45, 2.75) is 13.0 Å². The third-order valence-electron chi connectivity index (χ3n) is 4.37. The first-order valence-electron chi connectivity index (χ1n) is 8.18. The van der Waals surface area contributed by atoms with E-state index in [0.717, 1.165) is 16.6 Å². The summed E-state index contributed by atoms with van der Waals surface area (Å²) in [5, 5.41) is 0. The molecule has 0 unspecified atom stereocenters. The summed E-state index contributed by atoms with van der Waals surface area (Å²) in [4.78, 5) is 8.01. The number of nitrogens with zero attached hydrogens (tertiary/aromatic N) is 3. The van der Waals surface area contributed by atoms with Gasteiger partial charge in [-0.25, -0.2) is 14.4 Å². The summed E-state index contributed by atoms with van der Waals surface area (Å²) in [6, 6.07) is 13.3. The molecule has 4 rings (SSSR count). The van der Waals surface area contributed by atoms with E-state index in [1.54, 1.807) is 24.5 Å². The summed E-state index contributed by atoms with van der Waals surface area (Å²) in [6.07, 6.45) is 2.99. The van der Waals surface area contributed by atoms with Gasteiger partial charge in [0.1, 0.15) is 12.1 Å². The first-order valence-corrected chi connectivity index (χ1v) is 8.18. The quantitative estimate of drug-likeness (QED) is 0.558. The van der Waals surface area contributed by atoms with E-state index in [9.17, 15) is 8.78 Å². The molecule has 0 amide bonds. The van der Waals surface area contributed by atoms with Gasteiger partial charge in [-0.05, 0) is 55.0 Å². The third kappa shape index (κ3) is 2.74. The Morgan fingerprint density at radius 2 is 1.85 bits per heavy atom. The van der Waals surface area contributed by atoms with Gasteiger partial charge < -0.3 is 5.73 Å². The lowest BCUT2D eigenvalue weighted by Gasteiger charge is -2.10. The van der Waals surface area contributed by atoms with Crippen LogP contribution in [0.4, 0.5) is 8.78 Å². The first-order chi connectivity index (χ1) is 12.5. The van der Waals surface area contributed by atoms with Crippen LogP contribution < -0.4 is 5.73 Å². The fraction of sp³-hybridized carbons (Fsp3) is 0.100. The molecular formula is C20H16F2N4. The van der Waals surface area contributed by atoms with Crippen LogP contribution in [0.5, 0.6) is 0 Å². The summed E-state index contributed by atoms with van der Waals surface area (Å²) >= 11 is 0. The van der Waals surface area contributed by atoms with E-state index in [4.69, 9.17) is 5.73 Å². The number of benzene rings is 2. The molecule has 0 aliphatic heterocycles. The minimum absolute atomic E-state index is 0.0875. The van der Waals surface area contributed by atoms with Gasteiger partial charge >= 0.3 is 0 Å². The zero-order chi connectivity index (χ0) is 18.3. The number of nitrogens with two attached hydrogens (primary N) is 1. The molecule has 0 fully saturated rings. The molecule has 4 aromatic rings. The predicted octanol–water partition coefficient (Wildman–Crippen LogP) is 4.39. The van der Waals surface area contributed by atoms with E-state index < -0.39 is 11.8 Å². The highest BCUT2D eigenvalue weighted by molar-refractivity contribution is 5.79. The lowest BCUT2D eigenvalue weighted by Crippen LogP contribution is -2.04. The van der Waals surface area contributed by atoms with Gasteiger partial charge in [0.2, 0.25) is 5.95 Å². The number of pyridine rings is 1. The minimum atomic E-state index is -0.708. The molecule has 1 atom stereocenters. The second-order valence-corrected chi connectivity index (χ2v) is 6.16. The second-order valence-electron chi connectivity index (χ2n) is 6.16. The summed E-state index contributed by atoms with van der Waals surface area (Å²) < 4.78 is 30.1. The summed E-state index contributed by atoms with van der Waals surface area (Å²) in [5.41, 5.74) is 9.51. The van der Waals surface area contributed by atoms with Crippen molar-refractivity contribution < 1.29 is 8.78 Å². The smallest absolute Gasteiger partial charge is 0.220 e. The number of hydrogen-bond acceptors (Lipinski definition) is 3. The van der Waals surface area contributed by atoms with Crippen molar-refractivity contribution in [1.29, 1.82) is 0 Å². The number of imidazole rings is 1. The van der Waals surface area contributed by atoms with Crippen molar-refractivity contribution in [3.63, 3.8) is 0 Å². The lowest BCUT2D eigenvalue weighted by atomic mass is 10.1. The average molecular weight is 350 g/mol. The Kier molecular flexibility index (Phi) is 3.97. The van der Waals surface area contributed by atoms with Crippen LogP contribution in [0.1, 0.15) is 18.5 Å². The molecule has 26 heavy (non-hydrogen) atoms. The third-order valence-corrected chi connectivity index (χ3v) is 4.37. The van der Waals surface area contributed by atoms with Crippen LogP contribution in [0, 0.1) is 11.8 Å². The van der Waals surface area contributed by atoms with Gasteiger partial charge in [-0.15, -0.1) is 0 Å². The van der Waals surface area contributed by atoms with E-state index in [1.165, 1.54) is 18.3 Å². The largest absolute Gasteiger partial charge is 0.324 e. The zero-order valence-corrected chi connectivity index (χ0v) is 14.0. The summed E-state index contributed by atoms with van der Waals surface area (Å²) in [7, 11) is 0. The number of aromatic nitrogens is 3. The number of rotatable bonds is 3. The molecule has 6 heteroatoms. The van der Waals surface area contributed by atoms with Gasteiger partial charge in [0.05, 0.1) is 11.0 Å². The van der Waals surface area contributed by atoms with Crippen molar-refractivity contribution >= 4 is 11.0 Å². The molecular weight excluding hydrogens is 334 g/mol. The number of hydrogen-bond donors (Lipinski definition) is 1. The SMILES string of the molecule is C[C@@H](N)c1ccc2c(c1)ncn2-c1ccc(F)c(-c2cccnc2F)c1. The van der Waals surface area contributed by atoms with Crippen molar-refractivity contribution in [1.82, 2.24) is 14.5 Å². The highest BCUT2D eigenvalue weighted by atomic mass is 19.1. The van der Waals surface area contributed by atoms with Gasteiger partial charge in [0.25, 0.3) is 0 Å². The maximum atomic E-state index is 14.3. The van der Waals surface area contributed by atoms with Gasteiger partial charge in [-0.1, -0.05) is 6.07 Å². The molecule has 0 bridgehead atoms. The Labute approximate surface area is 148 Å². The average Bonchev–Trinajstić information content (AvgIpc) is 3.06. The molecule has 130 valence electrons. The standard InChI is InChI=1S/C20H16F2N4/c1-12(23)13-4-7-19-18(9-13)25-11-26(19)14-5-6-17(21)16(10-14)15-3-2-8-24-20(15)22/h2-12H,23H2,1H3/t12-/m1/s1. The molecule has 2 heterocycles. The molecule has 2 aromatic carbocycles. The van der Waals surface area contributed by atoms with Gasteiger partial charge in [-0.2, -0.15) is 4.39 Å². The van der Waals surface area contributed by atoms with Crippen LogP contribution in [0.25, 0.3) is 27.8 Å². The van der Waals surface area contributed by atoms with Crippen LogP contribution in [-0.4, -0.2) is 14.5 Å². The Morgan fingerprint density at radius 3 is 2.62 bits per heavy atom. The number of fused-ring (bicyclic) bond motifs is 1. The fourth-order valence-electron chi connectivity index (χ4n) is 2.98. The van der Waals surface area contributed by atoms with Gasteiger partial charge in [0.15, 0.2) is 0 Å². The van der Waals surface area contributed by atoms with Crippen LogP contribution >= 0.6 is 0 Å². The van der Waals surface area contributed by atoms with E-state index in [1.807, 2.05) is 29.7 Å². The zero-order valence-electron chi connectivity index (χ0n) is 14.0.